The lowest BCUT2D eigenvalue weighted by molar-refractivity contribution is -0.114. The van der Waals surface area contributed by atoms with E-state index >= 15 is 0 Å². The normalized spacial score (nSPS) is 11.1. The first kappa shape index (κ1) is 24.1. The van der Waals surface area contributed by atoms with Crippen LogP contribution in [0.2, 0.25) is 0 Å². The molecule has 5 aromatic rings. The summed E-state index contributed by atoms with van der Waals surface area (Å²) < 4.78 is 6.95. The van der Waals surface area contributed by atoms with Crippen molar-refractivity contribution in [3.63, 3.8) is 0 Å². The topological polar surface area (TPSA) is 101 Å². The second kappa shape index (κ2) is 10.2. The van der Waals surface area contributed by atoms with Crippen molar-refractivity contribution < 1.29 is 14.3 Å². The number of carbonyl (C=O) groups excluding carboxylic acids is 2. The van der Waals surface area contributed by atoms with Crippen LogP contribution in [0.25, 0.3) is 21.9 Å². The molecule has 8 heteroatoms. The molecule has 0 fully saturated rings. The molecule has 0 aliphatic heterocycles. The monoisotopic (exact) mass is 495 g/mol. The number of fused-ring (bicyclic) bond motifs is 2. The van der Waals surface area contributed by atoms with Gasteiger partial charge in [0.05, 0.1) is 24.7 Å². The van der Waals surface area contributed by atoms with Gasteiger partial charge in [0.15, 0.2) is 5.69 Å². The quantitative estimate of drug-likeness (QED) is 0.249. The number of aromatic nitrogens is 3. The second-order valence-electron chi connectivity index (χ2n) is 9.10. The van der Waals surface area contributed by atoms with E-state index in [1.54, 1.807) is 6.20 Å². The Bertz CT molecular complexity index is 1610. The van der Waals surface area contributed by atoms with Crippen molar-refractivity contribution in [1.82, 2.24) is 14.5 Å². The number of benzene rings is 2. The maximum Gasteiger partial charge on any atom is 0.356 e. The summed E-state index contributed by atoms with van der Waals surface area (Å²) in [7, 11) is 1.34. The predicted octanol–water partition coefficient (Wildman–Crippen LogP) is 5.43. The maximum atomic E-state index is 13.0. The third-order valence-electron chi connectivity index (χ3n) is 6.44. The molecule has 0 bridgehead atoms. The first-order chi connectivity index (χ1) is 17.9. The number of carbonyl (C=O) groups is 2. The number of ether oxygens (including phenoxy) is 1. The van der Waals surface area contributed by atoms with Crippen LogP contribution < -0.4 is 10.6 Å². The van der Waals surface area contributed by atoms with Gasteiger partial charge in [-0.25, -0.2) is 9.78 Å². The highest BCUT2D eigenvalue weighted by Gasteiger charge is 2.25. The van der Waals surface area contributed by atoms with Crippen molar-refractivity contribution in [3.05, 3.63) is 89.4 Å². The molecule has 0 aliphatic carbocycles. The van der Waals surface area contributed by atoms with Crippen LogP contribution in [0, 0.1) is 6.92 Å². The summed E-state index contributed by atoms with van der Waals surface area (Å²) >= 11 is 0. The van der Waals surface area contributed by atoms with Gasteiger partial charge in [0.1, 0.15) is 5.65 Å². The molecule has 37 heavy (non-hydrogen) atoms. The van der Waals surface area contributed by atoms with Gasteiger partial charge in [-0.1, -0.05) is 48.0 Å². The van der Waals surface area contributed by atoms with Crippen molar-refractivity contribution in [2.75, 3.05) is 17.7 Å². The van der Waals surface area contributed by atoms with Crippen LogP contribution in [0.3, 0.4) is 0 Å². The summed E-state index contributed by atoms with van der Waals surface area (Å²) in [6, 6.07) is 18.3. The number of pyridine rings is 1. The highest BCUT2D eigenvalue weighted by atomic mass is 16.5. The molecule has 0 saturated heterocycles. The molecule has 5 rings (SSSR count). The smallest absolute Gasteiger partial charge is 0.356 e. The number of hydrogen-bond acceptors (Lipinski definition) is 5. The fraction of sp³-hybridized carbons (Fsp3) is 0.207. The van der Waals surface area contributed by atoms with Crippen molar-refractivity contribution in [2.45, 2.75) is 33.4 Å². The zero-order valence-corrected chi connectivity index (χ0v) is 21.1. The number of hydrogen-bond donors (Lipinski definition) is 3. The zero-order valence-electron chi connectivity index (χ0n) is 21.1. The summed E-state index contributed by atoms with van der Waals surface area (Å²) in [5, 5.41) is 8.06. The van der Waals surface area contributed by atoms with E-state index in [9.17, 15) is 9.59 Å². The number of aryl methyl sites for hydroxylation is 3. The van der Waals surface area contributed by atoms with Gasteiger partial charge in [0.25, 0.3) is 0 Å². The Hall–Kier alpha value is -4.59. The standard InChI is InChI=1S/C29H29N5O3/c1-18-7-6-8-20(13-18)15-30-22-14-24-26(33-19(2)35)27(29(36)37-3)34(28(24)32-17-22)12-11-21-16-31-25-10-5-4-9-23(21)25/h4-10,13-14,16-17,30-31H,11-12,15H2,1-3H3,(H,33,35). The van der Waals surface area contributed by atoms with E-state index in [2.05, 4.69) is 46.8 Å². The Morgan fingerprint density at radius 3 is 2.70 bits per heavy atom. The molecular weight excluding hydrogens is 466 g/mol. The van der Waals surface area contributed by atoms with Crippen molar-refractivity contribution in [2.24, 2.45) is 0 Å². The maximum absolute atomic E-state index is 13.0. The number of nitrogens with zero attached hydrogens (tertiary/aromatic N) is 2. The molecule has 1 amide bonds. The van der Waals surface area contributed by atoms with E-state index < -0.39 is 5.97 Å². The number of H-pyrrole nitrogens is 1. The third-order valence-corrected chi connectivity index (χ3v) is 6.44. The molecule has 3 aromatic heterocycles. The van der Waals surface area contributed by atoms with Crippen LogP contribution in [-0.4, -0.2) is 33.5 Å². The molecule has 0 saturated carbocycles. The minimum absolute atomic E-state index is 0.274. The third kappa shape index (κ3) is 4.91. The van der Waals surface area contributed by atoms with Gasteiger partial charge in [-0.15, -0.1) is 0 Å². The number of rotatable bonds is 8. The number of anilines is 2. The van der Waals surface area contributed by atoms with Crippen molar-refractivity contribution in [3.8, 4) is 0 Å². The van der Waals surface area contributed by atoms with Crippen LogP contribution in [0.4, 0.5) is 11.4 Å². The summed E-state index contributed by atoms with van der Waals surface area (Å²) in [4.78, 5) is 33.1. The zero-order chi connectivity index (χ0) is 25.9. The molecule has 2 aromatic carbocycles. The van der Waals surface area contributed by atoms with Gasteiger partial charge in [-0.05, 0) is 36.6 Å². The fourth-order valence-electron chi connectivity index (χ4n) is 4.75. The highest BCUT2D eigenvalue weighted by Crippen LogP contribution is 2.33. The van der Waals surface area contributed by atoms with E-state index in [-0.39, 0.29) is 11.6 Å². The predicted molar refractivity (Wildman–Crippen MR) is 146 cm³/mol. The molecule has 0 aliphatic rings. The molecule has 0 spiro atoms. The van der Waals surface area contributed by atoms with E-state index in [0.717, 1.165) is 27.7 Å². The Morgan fingerprint density at radius 1 is 1.08 bits per heavy atom. The largest absolute Gasteiger partial charge is 0.464 e. The first-order valence-corrected chi connectivity index (χ1v) is 12.2. The van der Waals surface area contributed by atoms with Crippen LogP contribution in [0.15, 0.2) is 67.0 Å². The van der Waals surface area contributed by atoms with Crippen molar-refractivity contribution >= 4 is 45.2 Å². The van der Waals surface area contributed by atoms with Crippen LogP contribution >= 0.6 is 0 Å². The lowest BCUT2D eigenvalue weighted by Crippen LogP contribution is -2.16. The Morgan fingerprint density at radius 2 is 1.92 bits per heavy atom. The molecule has 188 valence electrons. The summed E-state index contributed by atoms with van der Waals surface area (Å²) in [5.74, 6) is -0.811. The molecule has 0 unspecified atom stereocenters. The van der Waals surface area contributed by atoms with Gasteiger partial charge in [-0.2, -0.15) is 0 Å². The lowest BCUT2D eigenvalue weighted by atomic mass is 10.1. The number of para-hydroxylation sites is 1. The average molecular weight is 496 g/mol. The second-order valence-corrected chi connectivity index (χ2v) is 9.10. The Labute approximate surface area is 214 Å². The molecule has 3 N–H and O–H groups in total. The van der Waals surface area contributed by atoms with E-state index in [1.165, 1.54) is 19.6 Å². The van der Waals surface area contributed by atoms with E-state index in [0.29, 0.717) is 36.2 Å². The average Bonchev–Trinajstić information content (AvgIpc) is 3.44. The minimum Gasteiger partial charge on any atom is -0.464 e. The SMILES string of the molecule is COC(=O)c1c(NC(C)=O)c2cc(NCc3cccc(C)c3)cnc2n1CCc1c[nH]c2ccccc12. The first-order valence-electron chi connectivity index (χ1n) is 12.2. The fourth-order valence-corrected chi connectivity index (χ4v) is 4.75. The molecule has 8 nitrogen and oxygen atoms in total. The van der Waals surface area contributed by atoms with Gasteiger partial charge < -0.3 is 24.9 Å². The number of methoxy groups -OCH3 is 1. The number of esters is 1. The summed E-state index contributed by atoms with van der Waals surface area (Å²) in [6.07, 6.45) is 4.40. The van der Waals surface area contributed by atoms with Crippen LogP contribution in [0.1, 0.15) is 34.1 Å². The molecule has 0 radical (unpaired) electrons. The molecule has 3 heterocycles. The van der Waals surface area contributed by atoms with Crippen LogP contribution in [-0.2, 0) is 29.0 Å². The number of aromatic amines is 1. The van der Waals surface area contributed by atoms with Crippen LogP contribution in [0.5, 0.6) is 0 Å². The molecular formula is C29H29N5O3. The number of amides is 1. The Kier molecular flexibility index (Phi) is 6.64. The van der Waals surface area contributed by atoms with Crippen molar-refractivity contribution in [1.29, 1.82) is 0 Å². The van der Waals surface area contributed by atoms with E-state index in [1.807, 2.05) is 41.1 Å². The number of nitrogens with one attached hydrogen (secondary N) is 3. The highest BCUT2D eigenvalue weighted by molar-refractivity contribution is 6.11. The van der Waals surface area contributed by atoms with Gasteiger partial charge >= 0.3 is 5.97 Å². The Balaban J connectivity index is 1.54. The lowest BCUT2D eigenvalue weighted by Gasteiger charge is -2.10. The summed E-state index contributed by atoms with van der Waals surface area (Å²) in [5.41, 5.74) is 6.59. The molecule has 0 atom stereocenters. The van der Waals surface area contributed by atoms with Gasteiger partial charge in [0, 0.05) is 42.5 Å². The summed E-state index contributed by atoms with van der Waals surface area (Å²) in [6.45, 7) is 4.58. The minimum atomic E-state index is -0.532. The van der Waals surface area contributed by atoms with E-state index in [4.69, 9.17) is 9.72 Å². The van der Waals surface area contributed by atoms with Gasteiger partial charge in [0.2, 0.25) is 5.91 Å². The van der Waals surface area contributed by atoms with Gasteiger partial charge in [-0.3, -0.25) is 4.79 Å².